The number of hydrogen-bond acceptors (Lipinski definition) is 4. The van der Waals surface area contributed by atoms with E-state index in [0.717, 1.165) is 34.2 Å². The fourth-order valence-electron chi connectivity index (χ4n) is 2.50. The van der Waals surface area contributed by atoms with Crippen LogP contribution in [0.5, 0.6) is 0 Å². The van der Waals surface area contributed by atoms with Crippen LogP contribution >= 0.6 is 11.3 Å². The van der Waals surface area contributed by atoms with Crippen LogP contribution in [-0.4, -0.2) is 9.66 Å². The van der Waals surface area contributed by atoms with Crippen molar-refractivity contribution in [1.29, 1.82) is 0 Å². The first-order chi connectivity index (χ1) is 9.08. The molecule has 0 spiro atoms. The van der Waals surface area contributed by atoms with Gasteiger partial charge in [0, 0.05) is 4.88 Å². The van der Waals surface area contributed by atoms with Crippen molar-refractivity contribution in [2.75, 3.05) is 5.84 Å². The zero-order valence-corrected chi connectivity index (χ0v) is 12.8. The van der Waals surface area contributed by atoms with E-state index in [1.165, 1.54) is 10.4 Å². The maximum Gasteiger partial charge on any atom is 0.280 e. The van der Waals surface area contributed by atoms with Gasteiger partial charge in [-0.1, -0.05) is 20.8 Å². The summed E-state index contributed by atoms with van der Waals surface area (Å²) in [5.74, 6) is 7.00. The van der Waals surface area contributed by atoms with Gasteiger partial charge < -0.3 is 5.84 Å². The topological polar surface area (TPSA) is 60.9 Å². The first kappa shape index (κ1) is 14.1. The lowest BCUT2D eigenvalue weighted by atomic mass is 9.89. The van der Waals surface area contributed by atoms with Crippen LogP contribution in [0, 0.1) is 12.8 Å². The maximum absolute atomic E-state index is 12.2. The molecule has 1 unspecified atom stereocenters. The van der Waals surface area contributed by atoms with Gasteiger partial charge in [-0.25, -0.2) is 9.66 Å². The van der Waals surface area contributed by atoms with Gasteiger partial charge in [-0.15, -0.1) is 11.3 Å². The lowest BCUT2D eigenvalue weighted by Crippen LogP contribution is -2.30. The molecule has 0 saturated carbocycles. The molecule has 3 rings (SSSR count). The summed E-state index contributed by atoms with van der Waals surface area (Å²) in [4.78, 5) is 18.8. The average Bonchev–Trinajstić information content (AvgIpc) is 2.75. The summed E-state index contributed by atoms with van der Waals surface area (Å²) in [5.41, 5.74) is 1.10. The highest BCUT2D eigenvalue weighted by Gasteiger charge is 2.23. The van der Waals surface area contributed by atoms with Crippen LogP contribution < -0.4 is 11.4 Å². The molecule has 104 valence electrons. The molecule has 0 aromatic carbocycles. The predicted octanol–water partition coefficient (Wildman–Crippen LogP) is 2.63. The second-order valence-corrected chi connectivity index (χ2v) is 5.95. The van der Waals surface area contributed by atoms with E-state index in [1.807, 2.05) is 13.8 Å². The van der Waals surface area contributed by atoms with Crippen molar-refractivity contribution < 1.29 is 0 Å². The van der Waals surface area contributed by atoms with Crippen LogP contribution in [0.2, 0.25) is 0 Å². The summed E-state index contributed by atoms with van der Waals surface area (Å²) < 4.78 is 1.16. The quantitative estimate of drug-likeness (QED) is 0.754. The third kappa shape index (κ3) is 2.27. The number of nitrogens with two attached hydrogens (primary N) is 1. The van der Waals surface area contributed by atoms with Crippen molar-refractivity contribution in [2.45, 2.75) is 47.0 Å². The summed E-state index contributed by atoms with van der Waals surface area (Å²) in [6.45, 7) is 8.02. The number of rotatable bonds is 0. The van der Waals surface area contributed by atoms with Gasteiger partial charge in [0.05, 0.1) is 5.39 Å². The number of aryl methyl sites for hydroxylation is 2. The fourth-order valence-corrected chi connectivity index (χ4v) is 3.92. The van der Waals surface area contributed by atoms with E-state index in [4.69, 9.17) is 5.84 Å². The molecule has 0 amide bonds. The monoisotopic (exact) mass is 279 g/mol. The molecule has 0 radical (unpaired) electrons. The molecule has 1 aliphatic rings. The number of hydrogen-bond donors (Lipinski definition) is 1. The Morgan fingerprint density at radius 2 is 2.11 bits per heavy atom. The Balaban J connectivity index is 0.000000637. The summed E-state index contributed by atoms with van der Waals surface area (Å²) in [5, 5.41) is 0.755. The summed E-state index contributed by atoms with van der Waals surface area (Å²) in [6.07, 6.45) is 3.20. The van der Waals surface area contributed by atoms with Crippen LogP contribution in [-0.2, 0) is 12.8 Å². The molecule has 1 atom stereocenters. The predicted molar refractivity (Wildman–Crippen MR) is 81.3 cm³/mol. The number of aromatic nitrogens is 2. The number of fused-ring (bicyclic) bond motifs is 3. The molecule has 2 aromatic rings. The van der Waals surface area contributed by atoms with Gasteiger partial charge in [-0.3, -0.25) is 4.79 Å². The minimum Gasteiger partial charge on any atom is -0.335 e. The van der Waals surface area contributed by atoms with Crippen LogP contribution in [0.3, 0.4) is 0 Å². The third-order valence-corrected chi connectivity index (χ3v) is 4.69. The highest BCUT2D eigenvalue weighted by atomic mass is 32.1. The molecule has 0 saturated heterocycles. The van der Waals surface area contributed by atoms with E-state index in [2.05, 4.69) is 11.9 Å². The van der Waals surface area contributed by atoms with Gasteiger partial charge in [0.2, 0.25) is 0 Å². The molecule has 19 heavy (non-hydrogen) atoms. The Morgan fingerprint density at radius 3 is 2.79 bits per heavy atom. The van der Waals surface area contributed by atoms with Crippen LogP contribution in [0.1, 0.15) is 43.5 Å². The second kappa shape index (κ2) is 5.33. The normalized spacial score (nSPS) is 17.8. The highest BCUT2D eigenvalue weighted by molar-refractivity contribution is 7.18. The Bertz CT molecular complexity index is 657. The minimum atomic E-state index is -0.0976. The van der Waals surface area contributed by atoms with Crippen molar-refractivity contribution in [3.63, 3.8) is 0 Å². The van der Waals surface area contributed by atoms with E-state index in [1.54, 1.807) is 18.3 Å². The van der Waals surface area contributed by atoms with E-state index < -0.39 is 0 Å². The molecular formula is C14H21N3OS. The van der Waals surface area contributed by atoms with E-state index in [9.17, 15) is 4.79 Å². The zero-order valence-electron chi connectivity index (χ0n) is 12.0. The van der Waals surface area contributed by atoms with Crippen LogP contribution in [0.4, 0.5) is 0 Å². The molecule has 1 aliphatic carbocycles. The lowest BCUT2D eigenvalue weighted by molar-refractivity contribution is 0.509. The Morgan fingerprint density at radius 1 is 1.42 bits per heavy atom. The number of nitrogen functional groups attached to an aromatic ring is 1. The van der Waals surface area contributed by atoms with E-state index in [-0.39, 0.29) is 5.56 Å². The van der Waals surface area contributed by atoms with Gasteiger partial charge in [0.25, 0.3) is 5.56 Å². The fraction of sp³-hybridized carbons (Fsp3) is 0.571. The third-order valence-electron chi connectivity index (χ3n) is 3.54. The first-order valence-corrected chi connectivity index (χ1v) is 7.68. The number of nitrogens with zero attached hydrogens (tertiary/aromatic N) is 2. The van der Waals surface area contributed by atoms with Gasteiger partial charge in [0.1, 0.15) is 10.7 Å². The lowest BCUT2D eigenvalue weighted by Gasteiger charge is -2.17. The second-order valence-electron chi connectivity index (χ2n) is 4.87. The molecule has 5 heteroatoms. The van der Waals surface area contributed by atoms with Crippen molar-refractivity contribution in [1.82, 2.24) is 9.66 Å². The summed E-state index contributed by atoms with van der Waals surface area (Å²) in [6, 6.07) is 0. The maximum atomic E-state index is 12.2. The Kier molecular flexibility index (Phi) is 3.94. The molecule has 0 aliphatic heterocycles. The van der Waals surface area contributed by atoms with Crippen LogP contribution in [0.15, 0.2) is 4.79 Å². The van der Waals surface area contributed by atoms with Crippen LogP contribution in [0.25, 0.3) is 10.2 Å². The molecule has 4 nitrogen and oxygen atoms in total. The van der Waals surface area contributed by atoms with Gasteiger partial charge in [-0.05, 0) is 37.7 Å². The largest absolute Gasteiger partial charge is 0.335 e. The average molecular weight is 279 g/mol. The van der Waals surface area contributed by atoms with Crippen molar-refractivity contribution in [3.8, 4) is 0 Å². The summed E-state index contributed by atoms with van der Waals surface area (Å²) >= 11 is 1.66. The molecular weight excluding hydrogens is 258 g/mol. The summed E-state index contributed by atoms with van der Waals surface area (Å²) in [7, 11) is 0. The van der Waals surface area contributed by atoms with Crippen molar-refractivity contribution in [3.05, 3.63) is 26.6 Å². The number of thiophene rings is 1. The van der Waals surface area contributed by atoms with Crippen molar-refractivity contribution in [2.24, 2.45) is 5.92 Å². The first-order valence-electron chi connectivity index (χ1n) is 6.87. The minimum absolute atomic E-state index is 0.0976. The van der Waals surface area contributed by atoms with Crippen molar-refractivity contribution >= 4 is 21.6 Å². The van der Waals surface area contributed by atoms with Gasteiger partial charge in [0.15, 0.2) is 0 Å². The molecule has 0 fully saturated rings. The van der Waals surface area contributed by atoms with Gasteiger partial charge in [-0.2, -0.15) is 0 Å². The highest BCUT2D eigenvalue weighted by Crippen LogP contribution is 2.35. The molecule has 0 bridgehead atoms. The van der Waals surface area contributed by atoms with E-state index >= 15 is 0 Å². The van der Waals surface area contributed by atoms with Gasteiger partial charge >= 0.3 is 0 Å². The molecule has 2 heterocycles. The standard InChI is InChI=1S/C12H15N3OS.C2H6/c1-6-3-4-8-9(5-6)17-11-10(8)12(16)15(13)7(2)14-11;1-2/h6H,3-5,13H2,1-2H3;1-2H3. The SMILES string of the molecule is CC.Cc1nc2sc3c(c2c(=O)n1N)CCC(C)C3. The van der Waals surface area contributed by atoms with E-state index in [0.29, 0.717) is 11.7 Å². The zero-order chi connectivity index (χ0) is 14.2. The molecule has 2 aromatic heterocycles. The smallest absolute Gasteiger partial charge is 0.280 e. The Hall–Kier alpha value is -1.36. The Labute approximate surface area is 117 Å². The molecule has 2 N–H and O–H groups in total.